The lowest BCUT2D eigenvalue weighted by Crippen LogP contribution is -2.69. The average molecular weight is 611 g/mol. The molecule has 0 saturated carbocycles. The number of methoxy groups -OCH3 is 1. The van der Waals surface area contributed by atoms with Gasteiger partial charge in [-0.25, -0.2) is 9.59 Å². The fraction of sp³-hybridized carbons (Fsp3) is 0.278. The molecule has 0 radical (unpaired) electrons. The van der Waals surface area contributed by atoms with Gasteiger partial charge in [-0.1, -0.05) is 118 Å². The Bertz CT molecular complexity index is 1470. The Labute approximate surface area is 259 Å². The summed E-state index contributed by atoms with van der Waals surface area (Å²) in [6, 6.07) is 37.9. The molecule has 0 aromatic heterocycles. The Balaban J connectivity index is 1.58. The van der Waals surface area contributed by atoms with E-state index in [1.807, 2.05) is 48.5 Å². The molecule has 7 nitrogen and oxygen atoms in total. The molecule has 0 aliphatic carbocycles. The summed E-state index contributed by atoms with van der Waals surface area (Å²) in [5.74, 6) is -1.02. The topological polar surface area (TPSA) is 80.3 Å². The molecule has 1 heterocycles. The molecule has 0 spiro atoms. The second kappa shape index (κ2) is 13.7. The maximum atomic E-state index is 13.4. The molecule has 1 fully saturated rings. The number of benzene rings is 4. The standard InChI is InChI=1S/C36H38O7Si/c1-36(2,3)44(28-21-13-7-14-22-28,29-23-15-8-16-24-29)43-31-30(25-40-33(37)26-17-9-5-10-18-26)41-35(39-4)32(31)42-34(38)27-19-11-6-12-20-27/h5-24,30-32,35H,25H2,1-4H3/t30-,31-,32+,35+/m1/s1. The molecule has 1 saturated heterocycles. The third-order valence-electron chi connectivity index (χ3n) is 7.87. The third-order valence-corrected chi connectivity index (χ3v) is 12.9. The molecule has 228 valence electrons. The predicted octanol–water partition coefficient (Wildman–Crippen LogP) is 5.39. The first-order valence-electron chi connectivity index (χ1n) is 14.7. The van der Waals surface area contributed by atoms with Crippen molar-refractivity contribution in [1.82, 2.24) is 0 Å². The number of carbonyl (C=O) groups excluding carboxylic acids is 2. The van der Waals surface area contributed by atoms with Crippen molar-refractivity contribution < 1.29 is 33.0 Å². The SMILES string of the molecule is CO[C@H]1O[C@H](COC(=O)c2ccccc2)[C@@H](O[Si](c2ccccc2)(c2ccccc2)C(C)(C)C)[C@@H]1OC(=O)c1ccccc1. The van der Waals surface area contributed by atoms with Crippen molar-refractivity contribution in [1.29, 1.82) is 0 Å². The first-order chi connectivity index (χ1) is 21.2. The van der Waals surface area contributed by atoms with Crippen LogP contribution in [-0.4, -0.2) is 58.6 Å². The molecule has 5 rings (SSSR count). The van der Waals surface area contributed by atoms with Gasteiger partial charge in [-0.15, -0.1) is 0 Å². The number of hydrogen-bond donors (Lipinski definition) is 0. The van der Waals surface area contributed by atoms with Gasteiger partial charge in [0, 0.05) is 7.11 Å². The van der Waals surface area contributed by atoms with Crippen LogP contribution in [0.15, 0.2) is 121 Å². The molecular formula is C36H38O7Si. The highest BCUT2D eigenvalue weighted by Crippen LogP contribution is 2.40. The van der Waals surface area contributed by atoms with Gasteiger partial charge in [-0.3, -0.25) is 0 Å². The van der Waals surface area contributed by atoms with E-state index in [1.165, 1.54) is 7.11 Å². The summed E-state index contributed by atoms with van der Waals surface area (Å²) >= 11 is 0. The molecule has 8 heteroatoms. The first-order valence-corrected chi connectivity index (χ1v) is 16.6. The van der Waals surface area contributed by atoms with Gasteiger partial charge in [-0.2, -0.15) is 0 Å². The second-order valence-electron chi connectivity index (χ2n) is 11.7. The highest BCUT2D eigenvalue weighted by molar-refractivity contribution is 6.99. The fourth-order valence-corrected chi connectivity index (χ4v) is 10.5. The van der Waals surface area contributed by atoms with Crippen LogP contribution in [0, 0.1) is 0 Å². The van der Waals surface area contributed by atoms with E-state index in [2.05, 4.69) is 45.0 Å². The summed E-state index contributed by atoms with van der Waals surface area (Å²) in [5, 5.41) is 1.72. The number of esters is 2. The zero-order chi connectivity index (χ0) is 31.2. The maximum absolute atomic E-state index is 13.4. The number of hydrogen-bond acceptors (Lipinski definition) is 7. The zero-order valence-electron chi connectivity index (χ0n) is 25.4. The van der Waals surface area contributed by atoms with E-state index in [9.17, 15) is 9.59 Å². The van der Waals surface area contributed by atoms with Crippen molar-refractivity contribution in [2.75, 3.05) is 13.7 Å². The smallest absolute Gasteiger partial charge is 0.338 e. The minimum absolute atomic E-state index is 0.129. The van der Waals surface area contributed by atoms with E-state index in [0.29, 0.717) is 11.1 Å². The quantitative estimate of drug-likeness (QED) is 0.176. The minimum atomic E-state index is -3.16. The Morgan fingerprint density at radius 2 is 1.14 bits per heavy atom. The highest BCUT2D eigenvalue weighted by Gasteiger charge is 2.57. The monoisotopic (exact) mass is 610 g/mol. The van der Waals surface area contributed by atoms with Crippen LogP contribution in [0.2, 0.25) is 5.04 Å². The van der Waals surface area contributed by atoms with E-state index < -0.39 is 44.9 Å². The summed E-state index contributed by atoms with van der Waals surface area (Å²) in [4.78, 5) is 26.4. The molecule has 0 N–H and O–H groups in total. The molecule has 4 aromatic rings. The highest BCUT2D eigenvalue weighted by atomic mass is 28.4. The van der Waals surface area contributed by atoms with Crippen molar-refractivity contribution in [3.05, 3.63) is 132 Å². The normalized spacial score (nSPS) is 20.2. The van der Waals surface area contributed by atoms with E-state index in [0.717, 1.165) is 10.4 Å². The molecule has 44 heavy (non-hydrogen) atoms. The maximum Gasteiger partial charge on any atom is 0.338 e. The van der Waals surface area contributed by atoms with Gasteiger partial charge in [0.2, 0.25) is 0 Å². The molecule has 1 aliphatic rings. The second-order valence-corrected chi connectivity index (χ2v) is 16.0. The Kier molecular flexibility index (Phi) is 9.76. The predicted molar refractivity (Wildman–Crippen MR) is 171 cm³/mol. The van der Waals surface area contributed by atoms with Crippen LogP contribution in [0.3, 0.4) is 0 Å². The Morgan fingerprint density at radius 3 is 1.59 bits per heavy atom. The van der Waals surface area contributed by atoms with E-state index in [1.54, 1.807) is 48.5 Å². The Morgan fingerprint density at radius 1 is 0.682 bits per heavy atom. The van der Waals surface area contributed by atoms with Crippen LogP contribution in [0.1, 0.15) is 41.5 Å². The van der Waals surface area contributed by atoms with Crippen molar-refractivity contribution in [3.8, 4) is 0 Å². The zero-order valence-corrected chi connectivity index (χ0v) is 26.4. The van der Waals surface area contributed by atoms with Gasteiger partial charge in [0.1, 0.15) is 18.8 Å². The molecule has 1 aliphatic heterocycles. The van der Waals surface area contributed by atoms with Crippen LogP contribution in [0.4, 0.5) is 0 Å². The lowest BCUT2D eigenvalue weighted by atomic mass is 10.1. The van der Waals surface area contributed by atoms with E-state index in [-0.39, 0.29) is 11.6 Å². The van der Waals surface area contributed by atoms with Gasteiger partial charge >= 0.3 is 11.9 Å². The van der Waals surface area contributed by atoms with Gasteiger partial charge in [0.05, 0.1) is 11.1 Å². The molecule has 4 atom stereocenters. The average Bonchev–Trinajstić information content (AvgIpc) is 3.38. The van der Waals surface area contributed by atoms with Crippen LogP contribution >= 0.6 is 0 Å². The van der Waals surface area contributed by atoms with Crippen molar-refractivity contribution in [3.63, 3.8) is 0 Å². The largest absolute Gasteiger partial charge is 0.459 e. The summed E-state index contributed by atoms with van der Waals surface area (Å²) in [6.07, 6.45) is -3.52. The van der Waals surface area contributed by atoms with Gasteiger partial charge in [0.25, 0.3) is 8.32 Å². The molecular weight excluding hydrogens is 572 g/mol. The third kappa shape index (κ3) is 6.54. The van der Waals surface area contributed by atoms with Gasteiger partial charge in [-0.05, 0) is 39.7 Å². The van der Waals surface area contributed by atoms with Crippen LogP contribution in [-0.2, 0) is 23.4 Å². The lowest BCUT2D eigenvalue weighted by Gasteiger charge is -2.45. The number of rotatable bonds is 10. The van der Waals surface area contributed by atoms with Crippen molar-refractivity contribution >= 4 is 30.6 Å². The number of ether oxygens (including phenoxy) is 4. The number of carbonyl (C=O) groups is 2. The van der Waals surface area contributed by atoms with Gasteiger partial charge in [0.15, 0.2) is 12.4 Å². The summed E-state index contributed by atoms with van der Waals surface area (Å²) < 4.78 is 31.4. The van der Waals surface area contributed by atoms with E-state index in [4.69, 9.17) is 23.4 Å². The molecule has 0 amide bonds. The van der Waals surface area contributed by atoms with Crippen molar-refractivity contribution in [2.45, 2.75) is 50.4 Å². The van der Waals surface area contributed by atoms with Crippen molar-refractivity contribution in [2.24, 2.45) is 0 Å². The summed E-state index contributed by atoms with van der Waals surface area (Å²) in [6.45, 7) is 6.37. The molecule has 0 unspecified atom stereocenters. The Hall–Kier alpha value is -4.08. The van der Waals surface area contributed by atoms with E-state index >= 15 is 0 Å². The molecule has 4 aromatic carbocycles. The van der Waals surface area contributed by atoms with Crippen LogP contribution in [0.25, 0.3) is 0 Å². The van der Waals surface area contributed by atoms with Crippen LogP contribution < -0.4 is 10.4 Å². The lowest BCUT2D eigenvalue weighted by molar-refractivity contribution is -0.155. The minimum Gasteiger partial charge on any atom is -0.459 e. The van der Waals surface area contributed by atoms with Gasteiger partial charge < -0.3 is 23.4 Å². The van der Waals surface area contributed by atoms with Crippen LogP contribution in [0.5, 0.6) is 0 Å². The first kappa shape index (κ1) is 31.3. The summed E-state index contributed by atoms with van der Waals surface area (Å²) in [7, 11) is -1.67. The molecule has 0 bridgehead atoms. The summed E-state index contributed by atoms with van der Waals surface area (Å²) in [5.41, 5.74) is 0.816. The fourth-order valence-electron chi connectivity index (χ4n) is 5.76.